The number of aliphatic carboxylic acids is 1. The summed E-state index contributed by atoms with van der Waals surface area (Å²) in [5.41, 5.74) is 0.493. The number of benzene rings is 1. The van der Waals surface area contributed by atoms with Crippen molar-refractivity contribution >= 4 is 33.5 Å². The van der Waals surface area contributed by atoms with Gasteiger partial charge in [-0.1, -0.05) is 39.5 Å². The van der Waals surface area contributed by atoms with Crippen LogP contribution in [-0.2, 0) is 4.79 Å². The highest BCUT2D eigenvalue weighted by Gasteiger charge is 2.21. The third-order valence-electron chi connectivity index (χ3n) is 1.93. The predicted octanol–water partition coefficient (Wildman–Crippen LogP) is 2.45. The first-order valence-electron chi connectivity index (χ1n) is 4.41. The molecule has 0 aliphatic heterocycles. The molecule has 0 spiro atoms. The van der Waals surface area contributed by atoms with Crippen LogP contribution in [0.4, 0.5) is 0 Å². The minimum atomic E-state index is -1.01. The minimum absolute atomic E-state index is 0.170. The standard InChI is InChI=1S/C11H9BrClNO2/c1-2-5-14-10(11(15)16)8-4-3-7(12)6-9(8)13/h1,3-4,6,10,14H,5H2,(H,15,16). The molecule has 0 aliphatic rings. The van der Waals surface area contributed by atoms with Crippen molar-refractivity contribution in [3.63, 3.8) is 0 Å². The third kappa shape index (κ3) is 3.24. The van der Waals surface area contributed by atoms with Gasteiger partial charge in [0.25, 0.3) is 0 Å². The highest BCUT2D eigenvalue weighted by molar-refractivity contribution is 9.10. The van der Waals surface area contributed by atoms with E-state index in [1.165, 1.54) is 0 Å². The van der Waals surface area contributed by atoms with Crippen LogP contribution in [0.2, 0.25) is 5.02 Å². The van der Waals surface area contributed by atoms with E-state index < -0.39 is 12.0 Å². The molecule has 1 aromatic rings. The van der Waals surface area contributed by atoms with Crippen molar-refractivity contribution in [1.29, 1.82) is 0 Å². The molecule has 0 amide bonds. The van der Waals surface area contributed by atoms with Crippen LogP contribution >= 0.6 is 27.5 Å². The van der Waals surface area contributed by atoms with E-state index in [1.54, 1.807) is 18.2 Å². The first-order chi connectivity index (χ1) is 7.56. The number of halogens is 2. The molecule has 0 heterocycles. The summed E-state index contributed by atoms with van der Waals surface area (Å²) in [6.45, 7) is 0.170. The van der Waals surface area contributed by atoms with Crippen molar-refractivity contribution in [2.75, 3.05) is 6.54 Å². The number of carboxylic acids is 1. The van der Waals surface area contributed by atoms with E-state index in [0.29, 0.717) is 10.6 Å². The average molecular weight is 303 g/mol. The number of terminal acetylenes is 1. The molecule has 0 bridgehead atoms. The van der Waals surface area contributed by atoms with Crippen molar-refractivity contribution in [3.05, 3.63) is 33.3 Å². The van der Waals surface area contributed by atoms with Crippen molar-refractivity contribution in [1.82, 2.24) is 5.32 Å². The van der Waals surface area contributed by atoms with Gasteiger partial charge in [0.05, 0.1) is 6.54 Å². The summed E-state index contributed by atoms with van der Waals surface area (Å²) < 4.78 is 0.794. The second-order valence-electron chi connectivity index (χ2n) is 3.02. The van der Waals surface area contributed by atoms with Crippen LogP contribution in [0.5, 0.6) is 0 Å². The molecule has 0 radical (unpaired) electrons. The molecular weight excluding hydrogens is 293 g/mol. The molecule has 0 fully saturated rings. The van der Waals surface area contributed by atoms with E-state index in [-0.39, 0.29) is 6.54 Å². The lowest BCUT2D eigenvalue weighted by atomic mass is 10.1. The Morgan fingerprint density at radius 1 is 1.69 bits per heavy atom. The lowest BCUT2D eigenvalue weighted by Crippen LogP contribution is -2.29. The smallest absolute Gasteiger partial charge is 0.325 e. The summed E-state index contributed by atoms with van der Waals surface area (Å²) in [7, 11) is 0. The van der Waals surface area contributed by atoms with Gasteiger partial charge >= 0.3 is 5.97 Å². The lowest BCUT2D eigenvalue weighted by Gasteiger charge is -2.14. The van der Waals surface area contributed by atoms with Gasteiger partial charge in [-0.3, -0.25) is 10.1 Å². The summed E-state index contributed by atoms with van der Waals surface area (Å²) in [4.78, 5) is 11.0. The van der Waals surface area contributed by atoms with E-state index in [4.69, 9.17) is 23.1 Å². The molecule has 0 aliphatic carbocycles. The summed E-state index contributed by atoms with van der Waals surface area (Å²) in [5, 5.41) is 12.1. The topological polar surface area (TPSA) is 49.3 Å². The molecule has 3 nitrogen and oxygen atoms in total. The Morgan fingerprint density at radius 2 is 2.38 bits per heavy atom. The molecule has 1 rings (SSSR count). The quantitative estimate of drug-likeness (QED) is 0.840. The monoisotopic (exact) mass is 301 g/mol. The van der Waals surface area contributed by atoms with Gasteiger partial charge in [0.15, 0.2) is 0 Å². The summed E-state index contributed by atoms with van der Waals surface area (Å²) in [6.07, 6.45) is 5.07. The van der Waals surface area contributed by atoms with Gasteiger partial charge in [-0.15, -0.1) is 6.42 Å². The fourth-order valence-corrected chi connectivity index (χ4v) is 2.01. The van der Waals surface area contributed by atoms with E-state index in [0.717, 1.165) is 4.47 Å². The second kappa shape index (κ2) is 5.90. The first kappa shape index (κ1) is 13.0. The molecule has 0 saturated heterocycles. The Bertz CT molecular complexity index is 442. The van der Waals surface area contributed by atoms with Gasteiger partial charge < -0.3 is 5.11 Å². The largest absolute Gasteiger partial charge is 0.480 e. The van der Waals surface area contributed by atoms with Gasteiger partial charge in [-0.25, -0.2) is 0 Å². The maximum Gasteiger partial charge on any atom is 0.325 e. The van der Waals surface area contributed by atoms with Gasteiger partial charge in [0.1, 0.15) is 6.04 Å². The van der Waals surface area contributed by atoms with Crippen LogP contribution < -0.4 is 5.32 Å². The molecular formula is C11H9BrClNO2. The zero-order valence-corrected chi connectivity index (χ0v) is 10.5. The van der Waals surface area contributed by atoms with Crippen molar-refractivity contribution in [2.45, 2.75) is 6.04 Å². The SMILES string of the molecule is C#CCNC(C(=O)O)c1ccc(Br)cc1Cl. The van der Waals surface area contributed by atoms with Crippen LogP contribution in [-0.4, -0.2) is 17.6 Å². The average Bonchev–Trinajstić information content (AvgIpc) is 2.20. The maximum atomic E-state index is 11.0. The van der Waals surface area contributed by atoms with Crippen LogP contribution in [0.1, 0.15) is 11.6 Å². The molecule has 0 saturated carbocycles. The third-order valence-corrected chi connectivity index (χ3v) is 2.75. The first-order valence-corrected chi connectivity index (χ1v) is 5.58. The summed E-state index contributed by atoms with van der Waals surface area (Å²) >= 11 is 9.21. The summed E-state index contributed by atoms with van der Waals surface area (Å²) in [6, 6.07) is 4.13. The molecule has 1 atom stereocenters. The van der Waals surface area contributed by atoms with Crippen LogP contribution in [0.15, 0.2) is 22.7 Å². The Balaban J connectivity index is 3.02. The Morgan fingerprint density at radius 3 is 2.88 bits per heavy atom. The van der Waals surface area contributed by atoms with Crippen molar-refractivity contribution in [3.8, 4) is 12.3 Å². The minimum Gasteiger partial charge on any atom is -0.480 e. The van der Waals surface area contributed by atoms with Gasteiger partial charge in [-0.2, -0.15) is 0 Å². The normalized spacial score (nSPS) is 11.8. The highest BCUT2D eigenvalue weighted by atomic mass is 79.9. The molecule has 0 aromatic heterocycles. The van der Waals surface area contributed by atoms with E-state index >= 15 is 0 Å². The number of rotatable bonds is 4. The van der Waals surface area contributed by atoms with Gasteiger partial charge in [0.2, 0.25) is 0 Å². The van der Waals surface area contributed by atoms with E-state index in [2.05, 4.69) is 27.2 Å². The van der Waals surface area contributed by atoms with Crippen LogP contribution in [0, 0.1) is 12.3 Å². The Labute approximate surface area is 107 Å². The fourth-order valence-electron chi connectivity index (χ4n) is 1.23. The molecule has 16 heavy (non-hydrogen) atoms. The second-order valence-corrected chi connectivity index (χ2v) is 4.34. The Hall–Kier alpha value is -1.02. The lowest BCUT2D eigenvalue weighted by molar-refractivity contribution is -0.139. The van der Waals surface area contributed by atoms with Crippen LogP contribution in [0.25, 0.3) is 0 Å². The predicted molar refractivity (Wildman–Crippen MR) is 66.4 cm³/mol. The molecule has 84 valence electrons. The zero-order chi connectivity index (χ0) is 12.1. The van der Waals surface area contributed by atoms with E-state index in [1.807, 2.05) is 0 Å². The fraction of sp³-hybridized carbons (Fsp3) is 0.182. The maximum absolute atomic E-state index is 11.0. The number of hydrogen-bond donors (Lipinski definition) is 2. The molecule has 2 N–H and O–H groups in total. The van der Waals surface area contributed by atoms with E-state index in [9.17, 15) is 4.79 Å². The number of nitrogens with one attached hydrogen (secondary N) is 1. The highest BCUT2D eigenvalue weighted by Crippen LogP contribution is 2.26. The molecule has 1 aromatic carbocycles. The molecule has 1 unspecified atom stereocenters. The zero-order valence-electron chi connectivity index (χ0n) is 8.21. The van der Waals surface area contributed by atoms with Crippen molar-refractivity contribution < 1.29 is 9.90 Å². The van der Waals surface area contributed by atoms with Crippen molar-refractivity contribution in [2.24, 2.45) is 0 Å². The number of carbonyl (C=O) groups is 1. The van der Waals surface area contributed by atoms with Crippen LogP contribution in [0.3, 0.4) is 0 Å². The summed E-state index contributed by atoms with van der Waals surface area (Å²) in [5.74, 6) is 1.31. The molecule has 5 heteroatoms. The van der Waals surface area contributed by atoms with Gasteiger partial charge in [0, 0.05) is 9.50 Å². The number of hydrogen-bond acceptors (Lipinski definition) is 2. The van der Waals surface area contributed by atoms with Gasteiger partial charge in [-0.05, 0) is 17.7 Å². The Kier molecular flexibility index (Phi) is 4.81. The number of carboxylic acid groups (broad SMARTS) is 1.